The van der Waals surface area contributed by atoms with E-state index in [0.29, 0.717) is 6.42 Å². The Labute approximate surface area is 107 Å². The Hall–Kier alpha value is -1.55. The van der Waals surface area contributed by atoms with Gasteiger partial charge in [0.2, 0.25) is 5.91 Å². The van der Waals surface area contributed by atoms with Gasteiger partial charge in [-0.25, -0.2) is 0 Å². The van der Waals surface area contributed by atoms with Crippen molar-refractivity contribution in [2.24, 2.45) is 0 Å². The molecule has 4 heteroatoms. The van der Waals surface area contributed by atoms with Crippen LogP contribution in [0, 0.1) is 0 Å². The molecule has 1 aliphatic carbocycles. The van der Waals surface area contributed by atoms with Gasteiger partial charge in [-0.3, -0.25) is 4.79 Å². The zero-order valence-electron chi connectivity index (χ0n) is 10.6. The molecular weight excluding hydrogens is 230 g/mol. The van der Waals surface area contributed by atoms with Gasteiger partial charge in [0.25, 0.3) is 0 Å². The van der Waals surface area contributed by atoms with Crippen LogP contribution < -0.4 is 10.1 Å². The second-order valence-electron chi connectivity index (χ2n) is 4.87. The van der Waals surface area contributed by atoms with E-state index in [1.165, 1.54) is 0 Å². The van der Waals surface area contributed by atoms with Crippen molar-refractivity contribution in [2.75, 3.05) is 13.7 Å². The van der Waals surface area contributed by atoms with Crippen LogP contribution in [-0.2, 0) is 11.2 Å². The van der Waals surface area contributed by atoms with Crippen molar-refractivity contribution in [3.05, 3.63) is 29.8 Å². The lowest BCUT2D eigenvalue weighted by molar-refractivity contribution is -0.124. The highest BCUT2D eigenvalue weighted by atomic mass is 16.5. The number of aliphatic hydroxyl groups excluding tert-OH is 1. The highest BCUT2D eigenvalue weighted by Gasteiger charge is 2.37. The average molecular weight is 249 g/mol. The van der Waals surface area contributed by atoms with E-state index >= 15 is 0 Å². The van der Waals surface area contributed by atoms with E-state index < -0.39 is 0 Å². The zero-order chi connectivity index (χ0) is 13.0. The fourth-order valence-corrected chi connectivity index (χ4v) is 2.23. The third kappa shape index (κ3) is 2.82. The van der Waals surface area contributed by atoms with E-state index in [9.17, 15) is 9.90 Å². The Kier molecular flexibility index (Phi) is 3.87. The maximum absolute atomic E-state index is 11.9. The Morgan fingerprint density at radius 1 is 1.50 bits per heavy atom. The highest BCUT2D eigenvalue weighted by Crippen LogP contribution is 2.31. The number of rotatable bonds is 5. The summed E-state index contributed by atoms with van der Waals surface area (Å²) in [5, 5.41) is 12.2. The summed E-state index contributed by atoms with van der Waals surface area (Å²) in [6.07, 6.45) is 3.12. The molecule has 4 nitrogen and oxygen atoms in total. The lowest BCUT2D eigenvalue weighted by atomic mass is 9.77. The van der Waals surface area contributed by atoms with Crippen molar-refractivity contribution < 1.29 is 14.6 Å². The van der Waals surface area contributed by atoms with Crippen LogP contribution in [0.15, 0.2) is 24.3 Å². The largest absolute Gasteiger partial charge is 0.497 e. The zero-order valence-corrected chi connectivity index (χ0v) is 10.6. The van der Waals surface area contributed by atoms with Crippen molar-refractivity contribution in [3.8, 4) is 5.75 Å². The second kappa shape index (κ2) is 5.40. The minimum absolute atomic E-state index is 0.0247. The first-order valence-electron chi connectivity index (χ1n) is 6.22. The third-order valence-electron chi connectivity index (χ3n) is 3.52. The van der Waals surface area contributed by atoms with Gasteiger partial charge in [0, 0.05) is 0 Å². The van der Waals surface area contributed by atoms with Crippen molar-refractivity contribution in [1.29, 1.82) is 0 Å². The smallest absolute Gasteiger partial charge is 0.224 e. The van der Waals surface area contributed by atoms with Gasteiger partial charge in [-0.15, -0.1) is 0 Å². The van der Waals surface area contributed by atoms with Crippen molar-refractivity contribution >= 4 is 5.91 Å². The number of nitrogens with one attached hydrogen (secondary N) is 1. The lowest BCUT2D eigenvalue weighted by Crippen LogP contribution is -2.56. The molecule has 0 saturated heterocycles. The fourth-order valence-electron chi connectivity index (χ4n) is 2.23. The summed E-state index contributed by atoms with van der Waals surface area (Å²) in [6, 6.07) is 7.47. The lowest BCUT2D eigenvalue weighted by Gasteiger charge is -2.41. The molecule has 1 aromatic rings. The van der Waals surface area contributed by atoms with Crippen molar-refractivity contribution in [3.63, 3.8) is 0 Å². The first-order chi connectivity index (χ1) is 8.67. The number of benzene rings is 1. The fraction of sp³-hybridized carbons (Fsp3) is 0.500. The number of carbonyl (C=O) groups excluding carboxylic acids is 1. The van der Waals surface area contributed by atoms with Gasteiger partial charge in [0.05, 0.1) is 25.7 Å². The van der Waals surface area contributed by atoms with Gasteiger partial charge in [-0.1, -0.05) is 12.1 Å². The quantitative estimate of drug-likeness (QED) is 0.826. The van der Waals surface area contributed by atoms with E-state index in [2.05, 4.69) is 5.32 Å². The van der Waals surface area contributed by atoms with Gasteiger partial charge < -0.3 is 15.2 Å². The van der Waals surface area contributed by atoms with E-state index in [0.717, 1.165) is 30.6 Å². The van der Waals surface area contributed by atoms with Crippen molar-refractivity contribution in [2.45, 2.75) is 31.2 Å². The predicted octanol–water partition coefficient (Wildman–Crippen LogP) is 1.27. The number of hydrogen-bond acceptors (Lipinski definition) is 3. The third-order valence-corrected chi connectivity index (χ3v) is 3.52. The molecule has 1 saturated carbocycles. The van der Waals surface area contributed by atoms with Crippen LogP contribution in [-0.4, -0.2) is 30.3 Å². The number of aliphatic hydroxyl groups is 1. The molecule has 98 valence electrons. The standard InChI is InChI=1S/C14H19NO3/c1-18-12-5-2-4-11(8-12)9-13(17)15-14(10-16)6-3-7-14/h2,4-5,8,16H,3,6-7,9-10H2,1H3,(H,15,17). The molecule has 2 N–H and O–H groups in total. The van der Waals surface area contributed by atoms with E-state index in [-0.39, 0.29) is 18.1 Å². The van der Waals surface area contributed by atoms with Crippen LogP contribution in [0.1, 0.15) is 24.8 Å². The van der Waals surface area contributed by atoms with E-state index in [1.807, 2.05) is 24.3 Å². The van der Waals surface area contributed by atoms with E-state index in [1.54, 1.807) is 7.11 Å². The SMILES string of the molecule is COc1cccc(CC(=O)NC2(CO)CCC2)c1. The van der Waals surface area contributed by atoms with Crippen LogP contribution in [0.4, 0.5) is 0 Å². The monoisotopic (exact) mass is 249 g/mol. The van der Waals surface area contributed by atoms with Gasteiger partial charge in [-0.05, 0) is 37.0 Å². The average Bonchev–Trinajstić information content (AvgIpc) is 2.34. The molecule has 18 heavy (non-hydrogen) atoms. The van der Waals surface area contributed by atoms with Crippen LogP contribution in [0.5, 0.6) is 5.75 Å². The van der Waals surface area contributed by atoms with Crippen LogP contribution in [0.2, 0.25) is 0 Å². The van der Waals surface area contributed by atoms with E-state index in [4.69, 9.17) is 4.74 Å². The van der Waals surface area contributed by atoms with Gasteiger partial charge in [0.1, 0.15) is 5.75 Å². The van der Waals surface area contributed by atoms with Gasteiger partial charge in [-0.2, -0.15) is 0 Å². The molecule has 0 bridgehead atoms. The Morgan fingerprint density at radius 2 is 2.28 bits per heavy atom. The molecule has 0 aliphatic heterocycles. The highest BCUT2D eigenvalue weighted by molar-refractivity contribution is 5.79. The number of amides is 1. The predicted molar refractivity (Wildman–Crippen MR) is 68.5 cm³/mol. The van der Waals surface area contributed by atoms with Crippen LogP contribution >= 0.6 is 0 Å². The molecule has 1 amide bonds. The summed E-state index contributed by atoms with van der Waals surface area (Å²) in [6.45, 7) is 0.0247. The molecular formula is C14H19NO3. The normalized spacial score (nSPS) is 16.8. The number of methoxy groups -OCH3 is 1. The summed E-state index contributed by atoms with van der Waals surface area (Å²) in [7, 11) is 1.61. The molecule has 0 unspecified atom stereocenters. The number of carbonyl (C=O) groups is 1. The molecule has 0 aromatic heterocycles. The second-order valence-corrected chi connectivity index (χ2v) is 4.87. The summed E-state index contributed by atoms with van der Waals surface area (Å²) in [4.78, 5) is 11.9. The summed E-state index contributed by atoms with van der Waals surface area (Å²) >= 11 is 0. The summed E-state index contributed by atoms with van der Waals surface area (Å²) in [5.74, 6) is 0.706. The van der Waals surface area contributed by atoms with Crippen molar-refractivity contribution in [1.82, 2.24) is 5.32 Å². The molecule has 1 aliphatic rings. The molecule has 2 rings (SSSR count). The Balaban J connectivity index is 1.94. The molecule has 0 radical (unpaired) electrons. The first kappa shape index (κ1) is 12.9. The molecule has 0 heterocycles. The molecule has 1 fully saturated rings. The maximum atomic E-state index is 11.9. The minimum Gasteiger partial charge on any atom is -0.497 e. The van der Waals surface area contributed by atoms with Crippen LogP contribution in [0.25, 0.3) is 0 Å². The Bertz CT molecular complexity index is 421. The minimum atomic E-state index is -0.365. The maximum Gasteiger partial charge on any atom is 0.224 e. The summed E-state index contributed by atoms with van der Waals surface area (Å²) < 4.78 is 5.12. The number of hydrogen-bond donors (Lipinski definition) is 2. The van der Waals surface area contributed by atoms with Crippen LogP contribution in [0.3, 0.4) is 0 Å². The first-order valence-corrected chi connectivity index (χ1v) is 6.22. The molecule has 1 aromatic carbocycles. The Morgan fingerprint density at radius 3 is 2.83 bits per heavy atom. The topological polar surface area (TPSA) is 58.6 Å². The summed E-state index contributed by atoms with van der Waals surface area (Å²) in [5.41, 5.74) is 0.551. The molecule has 0 atom stereocenters. The van der Waals surface area contributed by atoms with Gasteiger partial charge >= 0.3 is 0 Å². The molecule has 0 spiro atoms. The number of ether oxygens (including phenoxy) is 1. The van der Waals surface area contributed by atoms with Gasteiger partial charge in [0.15, 0.2) is 0 Å².